The summed E-state index contributed by atoms with van der Waals surface area (Å²) < 4.78 is 5.77. The van der Waals surface area contributed by atoms with Gasteiger partial charge < -0.3 is 10.1 Å². The predicted molar refractivity (Wildman–Crippen MR) is 71.4 cm³/mol. The number of nitrogens with one attached hydrogen (secondary N) is 1. The van der Waals surface area contributed by atoms with Gasteiger partial charge in [-0.2, -0.15) is 0 Å². The first kappa shape index (κ1) is 12.4. The zero-order valence-corrected chi connectivity index (χ0v) is 10.7. The highest BCUT2D eigenvalue weighted by Crippen LogP contribution is 2.27. The highest BCUT2D eigenvalue weighted by Gasteiger charge is 2.23. The number of benzene rings is 1. The van der Waals surface area contributed by atoms with Crippen LogP contribution in [0.2, 0.25) is 0 Å². The lowest BCUT2D eigenvalue weighted by atomic mass is 9.83. The minimum atomic E-state index is 0.697. The third-order valence-corrected chi connectivity index (χ3v) is 3.78. The van der Waals surface area contributed by atoms with Gasteiger partial charge in [-0.1, -0.05) is 31.0 Å². The molecule has 1 fully saturated rings. The molecule has 1 aromatic carbocycles. The molecule has 0 aromatic heterocycles. The van der Waals surface area contributed by atoms with Gasteiger partial charge in [-0.25, -0.2) is 0 Å². The number of hydrogen-bond donors (Lipinski definition) is 1. The Hall–Kier alpha value is -1.02. The summed E-state index contributed by atoms with van der Waals surface area (Å²) in [5.74, 6) is 1.78. The molecule has 1 N–H and O–H groups in total. The van der Waals surface area contributed by atoms with E-state index in [0.29, 0.717) is 6.04 Å². The molecule has 2 unspecified atom stereocenters. The molecule has 17 heavy (non-hydrogen) atoms. The predicted octanol–water partition coefficient (Wildman–Crippen LogP) is 3.23. The minimum absolute atomic E-state index is 0.697. The maximum absolute atomic E-state index is 5.77. The van der Waals surface area contributed by atoms with Crippen LogP contribution in [-0.2, 0) is 0 Å². The highest BCUT2D eigenvalue weighted by molar-refractivity contribution is 5.20. The average molecular weight is 233 g/mol. The van der Waals surface area contributed by atoms with E-state index in [0.717, 1.165) is 18.3 Å². The number of rotatable bonds is 5. The Morgan fingerprint density at radius 2 is 1.94 bits per heavy atom. The fraction of sp³-hybridized carbons (Fsp3) is 0.600. The first-order valence-corrected chi connectivity index (χ1v) is 6.75. The number of ether oxygens (including phenoxy) is 1. The van der Waals surface area contributed by atoms with Crippen molar-refractivity contribution in [3.05, 3.63) is 30.3 Å². The van der Waals surface area contributed by atoms with Crippen LogP contribution in [0.5, 0.6) is 5.75 Å². The molecule has 1 aromatic rings. The monoisotopic (exact) mass is 233 g/mol. The summed E-state index contributed by atoms with van der Waals surface area (Å²) in [6.45, 7) is 0.840. The summed E-state index contributed by atoms with van der Waals surface area (Å²) >= 11 is 0. The van der Waals surface area contributed by atoms with Gasteiger partial charge in [-0.05, 0) is 44.4 Å². The Morgan fingerprint density at radius 3 is 2.71 bits per heavy atom. The third kappa shape index (κ3) is 3.74. The zero-order chi connectivity index (χ0) is 11.9. The maximum Gasteiger partial charge on any atom is 0.119 e. The third-order valence-electron chi connectivity index (χ3n) is 3.78. The van der Waals surface area contributed by atoms with Gasteiger partial charge in [-0.3, -0.25) is 0 Å². The fourth-order valence-corrected chi connectivity index (χ4v) is 2.78. The van der Waals surface area contributed by atoms with Gasteiger partial charge >= 0.3 is 0 Å². The summed E-state index contributed by atoms with van der Waals surface area (Å²) in [5.41, 5.74) is 0. The van der Waals surface area contributed by atoms with Gasteiger partial charge in [0.1, 0.15) is 5.75 Å². The van der Waals surface area contributed by atoms with E-state index in [1.165, 1.54) is 32.1 Å². The molecule has 0 aliphatic heterocycles. The first-order chi connectivity index (χ1) is 8.40. The van der Waals surface area contributed by atoms with Gasteiger partial charge in [0.15, 0.2) is 0 Å². The highest BCUT2D eigenvalue weighted by atomic mass is 16.5. The lowest BCUT2D eigenvalue weighted by Crippen LogP contribution is -2.36. The summed E-state index contributed by atoms with van der Waals surface area (Å²) in [7, 11) is 2.08. The van der Waals surface area contributed by atoms with E-state index in [-0.39, 0.29) is 0 Å². The molecule has 0 amide bonds. The van der Waals surface area contributed by atoms with Crippen LogP contribution in [-0.4, -0.2) is 19.7 Å². The normalized spacial score (nSPS) is 24.5. The first-order valence-electron chi connectivity index (χ1n) is 6.75. The SMILES string of the molecule is CNC1CCCCC1CCOc1ccccc1. The van der Waals surface area contributed by atoms with Crippen LogP contribution in [0, 0.1) is 5.92 Å². The molecule has 0 radical (unpaired) electrons. The van der Waals surface area contributed by atoms with Crippen molar-refractivity contribution in [2.24, 2.45) is 5.92 Å². The zero-order valence-electron chi connectivity index (χ0n) is 10.7. The van der Waals surface area contributed by atoms with Gasteiger partial charge in [0, 0.05) is 6.04 Å². The molecule has 1 saturated carbocycles. The number of hydrogen-bond acceptors (Lipinski definition) is 2. The van der Waals surface area contributed by atoms with Gasteiger partial charge in [0.05, 0.1) is 6.61 Å². The molecule has 0 saturated heterocycles. The second-order valence-corrected chi connectivity index (χ2v) is 4.89. The van der Waals surface area contributed by atoms with Gasteiger partial charge in [0.2, 0.25) is 0 Å². The smallest absolute Gasteiger partial charge is 0.119 e. The molecule has 2 heteroatoms. The van der Waals surface area contributed by atoms with E-state index in [2.05, 4.69) is 12.4 Å². The minimum Gasteiger partial charge on any atom is -0.494 e. The second kappa shape index (κ2) is 6.65. The lowest BCUT2D eigenvalue weighted by molar-refractivity contribution is 0.210. The van der Waals surface area contributed by atoms with E-state index >= 15 is 0 Å². The molecule has 1 aliphatic carbocycles. The Morgan fingerprint density at radius 1 is 1.18 bits per heavy atom. The van der Waals surface area contributed by atoms with Crippen molar-refractivity contribution in [2.45, 2.75) is 38.1 Å². The van der Waals surface area contributed by atoms with Crippen molar-refractivity contribution < 1.29 is 4.74 Å². The molecule has 2 rings (SSSR count). The summed E-state index contributed by atoms with van der Waals surface area (Å²) in [4.78, 5) is 0. The van der Waals surface area contributed by atoms with Crippen molar-refractivity contribution in [3.8, 4) is 5.75 Å². The maximum atomic E-state index is 5.77. The van der Waals surface area contributed by atoms with Crippen molar-refractivity contribution in [1.82, 2.24) is 5.32 Å². The summed E-state index contributed by atoms with van der Waals surface area (Å²) in [5, 5.41) is 3.45. The van der Waals surface area contributed by atoms with Crippen LogP contribution < -0.4 is 10.1 Å². The Labute approximate surface area is 104 Å². The lowest BCUT2D eigenvalue weighted by Gasteiger charge is -2.31. The van der Waals surface area contributed by atoms with E-state index in [1.807, 2.05) is 30.3 Å². The summed E-state index contributed by atoms with van der Waals surface area (Å²) in [6.07, 6.45) is 6.60. The average Bonchev–Trinajstić information content (AvgIpc) is 2.40. The second-order valence-electron chi connectivity index (χ2n) is 4.89. The quantitative estimate of drug-likeness (QED) is 0.843. The Kier molecular flexibility index (Phi) is 4.87. The standard InChI is InChI=1S/C15H23NO/c1-16-15-10-6-5-7-13(15)11-12-17-14-8-3-2-4-9-14/h2-4,8-9,13,15-16H,5-7,10-12H2,1H3. The Balaban J connectivity index is 1.74. The van der Waals surface area contributed by atoms with E-state index in [9.17, 15) is 0 Å². The molecule has 1 aliphatic rings. The van der Waals surface area contributed by atoms with Crippen LogP contribution in [0.3, 0.4) is 0 Å². The van der Waals surface area contributed by atoms with Crippen molar-refractivity contribution >= 4 is 0 Å². The van der Waals surface area contributed by atoms with Crippen LogP contribution >= 0.6 is 0 Å². The Bertz CT molecular complexity index is 312. The van der Waals surface area contributed by atoms with Crippen LogP contribution in [0.1, 0.15) is 32.1 Å². The van der Waals surface area contributed by atoms with Crippen molar-refractivity contribution in [2.75, 3.05) is 13.7 Å². The molecule has 2 atom stereocenters. The van der Waals surface area contributed by atoms with E-state index < -0.39 is 0 Å². The molecule has 0 bridgehead atoms. The molecule has 0 heterocycles. The van der Waals surface area contributed by atoms with E-state index in [4.69, 9.17) is 4.74 Å². The molecular weight excluding hydrogens is 210 g/mol. The van der Waals surface area contributed by atoms with Crippen molar-refractivity contribution in [1.29, 1.82) is 0 Å². The van der Waals surface area contributed by atoms with E-state index in [1.54, 1.807) is 0 Å². The number of para-hydroxylation sites is 1. The van der Waals surface area contributed by atoms with Gasteiger partial charge in [0.25, 0.3) is 0 Å². The fourth-order valence-electron chi connectivity index (χ4n) is 2.78. The summed E-state index contributed by atoms with van der Waals surface area (Å²) in [6, 6.07) is 10.8. The topological polar surface area (TPSA) is 21.3 Å². The van der Waals surface area contributed by atoms with Crippen molar-refractivity contribution in [3.63, 3.8) is 0 Å². The van der Waals surface area contributed by atoms with Crippen LogP contribution in [0.25, 0.3) is 0 Å². The van der Waals surface area contributed by atoms with Crippen LogP contribution in [0.15, 0.2) is 30.3 Å². The van der Waals surface area contributed by atoms with Crippen LogP contribution in [0.4, 0.5) is 0 Å². The van der Waals surface area contributed by atoms with Gasteiger partial charge in [-0.15, -0.1) is 0 Å². The molecule has 0 spiro atoms. The molecule has 94 valence electrons. The molecule has 2 nitrogen and oxygen atoms in total. The largest absolute Gasteiger partial charge is 0.494 e. The molecular formula is C15H23NO.